The van der Waals surface area contributed by atoms with Crippen molar-refractivity contribution in [3.05, 3.63) is 24.3 Å². The van der Waals surface area contributed by atoms with Gasteiger partial charge in [-0.3, -0.25) is 14.5 Å². The third kappa shape index (κ3) is 6.33. The van der Waals surface area contributed by atoms with Crippen molar-refractivity contribution in [2.45, 2.75) is 68.7 Å². The molecule has 1 aromatic carbocycles. The first kappa shape index (κ1) is 24.2. The Balaban J connectivity index is 1.30. The lowest BCUT2D eigenvalue weighted by Gasteiger charge is -2.33. The van der Waals surface area contributed by atoms with Gasteiger partial charge in [0.25, 0.3) is 0 Å². The summed E-state index contributed by atoms with van der Waals surface area (Å²) in [6.45, 7) is 2.64. The number of nitrogens with one attached hydrogen (secondary N) is 2. The van der Waals surface area contributed by atoms with Gasteiger partial charge in [0.05, 0.1) is 17.4 Å². The first-order valence-electron chi connectivity index (χ1n) is 12.3. The van der Waals surface area contributed by atoms with Gasteiger partial charge in [-0.1, -0.05) is 25.3 Å². The van der Waals surface area contributed by atoms with Crippen LogP contribution in [-0.2, 0) is 19.6 Å². The van der Waals surface area contributed by atoms with Crippen LogP contribution >= 0.6 is 0 Å². The Morgan fingerprint density at radius 2 is 1.70 bits per heavy atom. The highest BCUT2D eigenvalue weighted by Gasteiger charge is 2.29. The molecule has 1 aliphatic carbocycles. The lowest BCUT2D eigenvalue weighted by molar-refractivity contribution is -0.128. The number of benzene rings is 1. The Hall–Kier alpha value is -1.97. The van der Waals surface area contributed by atoms with Gasteiger partial charge in [0.15, 0.2) is 0 Å². The number of anilines is 1. The van der Waals surface area contributed by atoms with Crippen LogP contribution in [-0.4, -0.2) is 68.2 Å². The van der Waals surface area contributed by atoms with E-state index in [2.05, 4.69) is 10.6 Å². The summed E-state index contributed by atoms with van der Waals surface area (Å²) in [5.41, 5.74) is 0.476. The van der Waals surface area contributed by atoms with Crippen molar-refractivity contribution in [1.29, 1.82) is 0 Å². The molecular weight excluding hydrogens is 440 g/mol. The summed E-state index contributed by atoms with van der Waals surface area (Å²) >= 11 is 0. The maximum absolute atomic E-state index is 12.8. The fraction of sp³-hybridized carbons (Fsp3) is 0.667. The van der Waals surface area contributed by atoms with Crippen LogP contribution in [0.3, 0.4) is 0 Å². The van der Waals surface area contributed by atoms with Gasteiger partial charge in [-0.05, 0) is 63.3 Å². The Morgan fingerprint density at radius 1 is 0.939 bits per heavy atom. The SMILES string of the molecule is O=C(CN1CCCC(C(=O)NC2CCCCC2)C1)Nc1cccc(S(=O)(=O)N2CCCC2)c1. The molecular formula is C24H36N4O4S. The van der Waals surface area contributed by atoms with E-state index in [9.17, 15) is 18.0 Å². The minimum absolute atomic E-state index is 0.0811. The zero-order valence-corrected chi connectivity index (χ0v) is 20.1. The summed E-state index contributed by atoms with van der Waals surface area (Å²) < 4.78 is 27.1. The topological polar surface area (TPSA) is 98.8 Å². The van der Waals surface area contributed by atoms with Crippen LogP contribution < -0.4 is 10.6 Å². The van der Waals surface area contributed by atoms with Gasteiger partial charge in [0, 0.05) is 31.4 Å². The van der Waals surface area contributed by atoms with Crippen molar-refractivity contribution in [3.8, 4) is 0 Å². The third-order valence-corrected chi connectivity index (χ3v) is 8.91. The molecule has 9 heteroatoms. The van der Waals surface area contributed by atoms with Gasteiger partial charge in [0.2, 0.25) is 21.8 Å². The van der Waals surface area contributed by atoms with Crippen LogP contribution in [0.4, 0.5) is 5.69 Å². The highest BCUT2D eigenvalue weighted by molar-refractivity contribution is 7.89. The fourth-order valence-corrected chi connectivity index (χ4v) is 6.76. The van der Waals surface area contributed by atoms with E-state index in [-0.39, 0.29) is 29.2 Å². The number of amides is 2. The fourth-order valence-electron chi connectivity index (χ4n) is 5.19. The molecule has 182 valence electrons. The summed E-state index contributed by atoms with van der Waals surface area (Å²) in [6.07, 6.45) is 9.26. The molecule has 4 rings (SSSR count). The van der Waals surface area contributed by atoms with E-state index < -0.39 is 10.0 Å². The number of carbonyl (C=O) groups excluding carboxylic acids is 2. The molecule has 2 heterocycles. The summed E-state index contributed by atoms with van der Waals surface area (Å²) in [4.78, 5) is 27.6. The molecule has 1 aromatic rings. The molecule has 0 spiro atoms. The predicted octanol–water partition coefficient (Wildman–Crippen LogP) is 2.57. The lowest BCUT2D eigenvalue weighted by atomic mass is 9.93. The third-order valence-electron chi connectivity index (χ3n) is 7.02. The summed E-state index contributed by atoms with van der Waals surface area (Å²) in [5, 5.41) is 6.06. The van der Waals surface area contributed by atoms with E-state index in [1.165, 1.54) is 29.6 Å². The minimum Gasteiger partial charge on any atom is -0.353 e. The quantitative estimate of drug-likeness (QED) is 0.630. The smallest absolute Gasteiger partial charge is 0.243 e. The molecule has 2 saturated heterocycles. The van der Waals surface area contributed by atoms with Crippen LogP contribution in [0.1, 0.15) is 57.8 Å². The van der Waals surface area contributed by atoms with Crippen molar-refractivity contribution in [1.82, 2.24) is 14.5 Å². The molecule has 0 bridgehead atoms. The zero-order valence-electron chi connectivity index (χ0n) is 19.3. The second-order valence-corrected chi connectivity index (χ2v) is 11.5. The predicted molar refractivity (Wildman–Crippen MR) is 127 cm³/mol. The summed E-state index contributed by atoms with van der Waals surface area (Å²) in [5.74, 6) is -0.159. The van der Waals surface area contributed by atoms with Crippen LogP contribution in [0.15, 0.2) is 29.2 Å². The summed E-state index contributed by atoms with van der Waals surface area (Å²) in [7, 11) is -3.53. The number of piperidine rings is 1. The molecule has 3 fully saturated rings. The zero-order chi connectivity index (χ0) is 23.3. The highest BCUT2D eigenvalue weighted by Crippen LogP contribution is 2.24. The molecule has 1 unspecified atom stereocenters. The van der Waals surface area contributed by atoms with Crippen molar-refractivity contribution in [2.24, 2.45) is 5.92 Å². The number of nitrogens with zero attached hydrogens (tertiary/aromatic N) is 2. The Labute approximate surface area is 197 Å². The molecule has 3 aliphatic rings. The van der Waals surface area contributed by atoms with Crippen LogP contribution in [0.5, 0.6) is 0 Å². The molecule has 2 amide bonds. The second kappa shape index (κ2) is 11.0. The van der Waals surface area contributed by atoms with Gasteiger partial charge < -0.3 is 10.6 Å². The lowest BCUT2D eigenvalue weighted by Crippen LogP contribution is -2.47. The molecule has 0 radical (unpaired) electrons. The van der Waals surface area contributed by atoms with Crippen molar-refractivity contribution >= 4 is 27.5 Å². The van der Waals surface area contributed by atoms with Crippen LogP contribution in [0.25, 0.3) is 0 Å². The molecule has 1 atom stereocenters. The van der Waals surface area contributed by atoms with E-state index in [0.29, 0.717) is 31.4 Å². The maximum Gasteiger partial charge on any atom is 0.243 e. The number of hydrogen-bond donors (Lipinski definition) is 2. The van der Waals surface area contributed by atoms with Crippen molar-refractivity contribution in [2.75, 3.05) is 38.0 Å². The van der Waals surface area contributed by atoms with Gasteiger partial charge in [0.1, 0.15) is 0 Å². The molecule has 0 aromatic heterocycles. The average Bonchev–Trinajstić information content (AvgIpc) is 3.36. The largest absolute Gasteiger partial charge is 0.353 e. The number of rotatable bonds is 7. The standard InChI is InChI=1S/C24H36N4O4S/c29-23(25-21-11-6-12-22(16-21)33(31,32)28-14-4-5-15-28)18-27-13-7-8-19(17-27)24(30)26-20-9-2-1-3-10-20/h6,11-12,16,19-20H,1-5,7-10,13-15,17-18H2,(H,25,29)(H,26,30). The Kier molecular flexibility index (Phi) is 8.03. The number of sulfonamides is 1. The van der Waals surface area contributed by atoms with Crippen molar-refractivity contribution < 1.29 is 18.0 Å². The van der Waals surface area contributed by atoms with Crippen LogP contribution in [0, 0.1) is 5.92 Å². The minimum atomic E-state index is -3.53. The molecule has 33 heavy (non-hydrogen) atoms. The van der Waals surface area contributed by atoms with Gasteiger partial charge in [-0.15, -0.1) is 0 Å². The molecule has 2 N–H and O–H groups in total. The van der Waals surface area contributed by atoms with E-state index in [1.54, 1.807) is 18.2 Å². The van der Waals surface area contributed by atoms with E-state index in [0.717, 1.165) is 45.1 Å². The van der Waals surface area contributed by atoms with E-state index >= 15 is 0 Å². The number of likely N-dealkylation sites (tertiary alicyclic amines) is 1. The molecule has 8 nitrogen and oxygen atoms in total. The summed E-state index contributed by atoms with van der Waals surface area (Å²) in [6, 6.07) is 6.77. The van der Waals surface area contributed by atoms with Gasteiger partial charge >= 0.3 is 0 Å². The first-order chi connectivity index (χ1) is 15.9. The van der Waals surface area contributed by atoms with Crippen LogP contribution in [0.2, 0.25) is 0 Å². The van der Waals surface area contributed by atoms with Gasteiger partial charge in [-0.2, -0.15) is 4.31 Å². The number of hydrogen-bond acceptors (Lipinski definition) is 5. The molecule has 1 saturated carbocycles. The van der Waals surface area contributed by atoms with Gasteiger partial charge in [-0.25, -0.2) is 8.42 Å². The Morgan fingerprint density at radius 3 is 2.45 bits per heavy atom. The average molecular weight is 477 g/mol. The van der Waals surface area contributed by atoms with Crippen molar-refractivity contribution in [3.63, 3.8) is 0 Å². The highest BCUT2D eigenvalue weighted by atomic mass is 32.2. The normalized spacial score (nSPS) is 23.3. The monoisotopic (exact) mass is 476 g/mol. The molecule has 2 aliphatic heterocycles. The van der Waals surface area contributed by atoms with E-state index in [4.69, 9.17) is 0 Å². The Bertz CT molecular complexity index is 940. The first-order valence-corrected chi connectivity index (χ1v) is 13.8. The second-order valence-electron chi connectivity index (χ2n) is 9.60. The number of carbonyl (C=O) groups is 2. The maximum atomic E-state index is 12.8. The van der Waals surface area contributed by atoms with E-state index in [1.807, 2.05) is 4.90 Å².